The highest BCUT2D eigenvalue weighted by Crippen LogP contribution is 2.55. The fourth-order valence-corrected chi connectivity index (χ4v) is 7.26. The molecule has 2 aromatic carbocycles. The maximum Gasteiger partial charge on any atom is 0.180 e. The van der Waals surface area contributed by atoms with Gasteiger partial charge in [0.2, 0.25) is 0 Å². The molecule has 0 unspecified atom stereocenters. The number of rotatable bonds is 8. The molecule has 2 aromatic rings. The number of ketones is 2. The summed E-state index contributed by atoms with van der Waals surface area (Å²) in [6.45, 7) is 16.4. The molecule has 0 spiro atoms. The summed E-state index contributed by atoms with van der Waals surface area (Å²) in [5.74, 6) is 0.761. The van der Waals surface area contributed by atoms with Gasteiger partial charge in [-0.3, -0.25) is 9.59 Å². The van der Waals surface area contributed by atoms with E-state index in [0.29, 0.717) is 42.6 Å². The van der Waals surface area contributed by atoms with Gasteiger partial charge in [-0.15, -0.1) is 0 Å². The third-order valence-electron chi connectivity index (χ3n) is 8.60. The zero-order valence-electron chi connectivity index (χ0n) is 26.2. The molecule has 0 atom stereocenters. The predicted octanol–water partition coefficient (Wildman–Crippen LogP) is 8.72. The minimum atomic E-state index is -0.474. The highest BCUT2D eigenvalue weighted by Gasteiger charge is 2.49. The number of Topliss-reactive ketones (excluding diaryl/α,β-unsaturated/α-hetero) is 2. The molecule has 0 amide bonds. The Balaban J connectivity index is 1.67. The molecule has 6 heteroatoms. The second kappa shape index (κ2) is 11.6. The molecule has 0 bridgehead atoms. The summed E-state index contributed by atoms with van der Waals surface area (Å²) in [4.78, 5) is 30.4. The highest BCUT2D eigenvalue weighted by atomic mass is 35.5. The Morgan fingerprint density at radius 1 is 0.881 bits per heavy atom. The standard InChI is InChI=1S/C36H44ClNO4/c1-8-13-38-26-17-35(4,5)19-28(39)32(26)31(33-27(38)18-36(6,7)20-29(33)40)24-15-25(37)34(30(16-24)41-9-2)42-21-23-12-10-11-22(3)14-23/h10-12,14-16,31H,8-9,13,17-21H2,1-7H3. The van der Waals surface area contributed by atoms with E-state index in [1.54, 1.807) is 0 Å². The lowest BCUT2D eigenvalue weighted by atomic mass is 9.63. The van der Waals surface area contributed by atoms with Crippen LogP contribution >= 0.6 is 11.6 Å². The number of aryl methyl sites for hydroxylation is 1. The zero-order valence-corrected chi connectivity index (χ0v) is 26.9. The van der Waals surface area contributed by atoms with Gasteiger partial charge in [0.1, 0.15) is 6.61 Å². The van der Waals surface area contributed by atoms with E-state index in [0.717, 1.165) is 65.0 Å². The van der Waals surface area contributed by atoms with Gasteiger partial charge in [0.15, 0.2) is 23.1 Å². The van der Waals surface area contributed by atoms with Crippen LogP contribution in [0.5, 0.6) is 11.5 Å². The number of allylic oxidation sites excluding steroid dienone is 4. The molecule has 0 saturated carbocycles. The Labute approximate surface area is 255 Å². The lowest BCUT2D eigenvalue weighted by Gasteiger charge is -2.49. The van der Waals surface area contributed by atoms with Gasteiger partial charge in [-0.2, -0.15) is 0 Å². The molecule has 2 aliphatic carbocycles. The average molecular weight is 590 g/mol. The van der Waals surface area contributed by atoms with E-state index in [-0.39, 0.29) is 22.4 Å². The quantitative estimate of drug-likeness (QED) is 0.308. The van der Waals surface area contributed by atoms with Crippen molar-refractivity contribution in [3.63, 3.8) is 0 Å². The number of hydrogen-bond donors (Lipinski definition) is 0. The van der Waals surface area contributed by atoms with Crippen molar-refractivity contribution >= 4 is 23.2 Å². The van der Waals surface area contributed by atoms with Crippen molar-refractivity contribution in [3.05, 3.63) is 80.7 Å². The zero-order chi connectivity index (χ0) is 30.4. The minimum Gasteiger partial charge on any atom is -0.490 e. The first-order valence-corrected chi connectivity index (χ1v) is 15.7. The molecule has 224 valence electrons. The fraction of sp³-hybridized carbons (Fsp3) is 0.500. The van der Waals surface area contributed by atoms with E-state index in [4.69, 9.17) is 21.1 Å². The number of halogens is 1. The number of hydrogen-bond acceptors (Lipinski definition) is 5. The summed E-state index contributed by atoms with van der Waals surface area (Å²) in [5, 5.41) is 0.413. The molecule has 3 aliphatic rings. The van der Waals surface area contributed by atoms with Crippen LogP contribution in [0.15, 0.2) is 58.9 Å². The minimum absolute atomic E-state index is 0.116. The van der Waals surface area contributed by atoms with Gasteiger partial charge in [-0.25, -0.2) is 0 Å². The molecule has 1 aliphatic heterocycles. The van der Waals surface area contributed by atoms with Crippen LogP contribution in [0.1, 0.15) is 96.3 Å². The molecule has 1 heterocycles. The van der Waals surface area contributed by atoms with Crippen molar-refractivity contribution in [2.24, 2.45) is 10.8 Å². The van der Waals surface area contributed by atoms with Crippen LogP contribution in [0.2, 0.25) is 5.02 Å². The van der Waals surface area contributed by atoms with Gasteiger partial charge in [-0.05, 0) is 67.2 Å². The van der Waals surface area contributed by atoms with Crippen LogP contribution in [0.3, 0.4) is 0 Å². The van der Waals surface area contributed by atoms with Crippen molar-refractivity contribution in [3.8, 4) is 11.5 Å². The highest BCUT2D eigenvalue weighted by molar-refractivity contribution is 6.32. The first kappa shape index (κ1) is 30.4. The van der Waals surface area contributed by atoms with E-state index in [9.17, 15) is 9.59 Å². The molecule has 0 fully saturated rings. The first-order chi connectivity index (χ1) is 19.8. The lowest BCUT2D eigenvalue weighted by Crippen LogP contribution is -2.44. The molecular weight excluding hydrogens is 546 g/mol. The summed E-state index contributed by atoms with van der Waals surface area (Å²) in [7, 11) is 0. The number of ether oxygens (including phenoxy) is 2. The number of carbonyl (C=O) groups is 2. The van der Waals surface area contributed by atoms with Crippen LogP contribution in [0, 0.1) is 17.8 Å². The van der Waals surface area contributed by atoms with Gasteiger partial charge >= 0.3 is 0 Å². The summed E-state index contributed by atoms with van der Waals surface area (Å²) in [5.41, 5.74) is 6.34. The Morgan fingerprint density at radius 3 is 2.05 bits per heavy atom. The van der Waals surface area contributed by atoms with Gasteiger partial charge in [0.25, 0.3) is 0 Å². The van der Waals surface area contributed by atoms with Gasteiger partial charge in [0, 0.05) is 47.8 Å². The van der Waals surface area contributed by atoms with Crippen LogP contribution in [0.25, 0.3) is 0 Å². The Kier molecular flexibility index (Phi) is 8.37. The predicted molar refractivity (Wildman–Crippen MR) is 168 cm³/mol. The third kappa shape index (κ3) is 5.90. The largest absolute Gasteiger partial charge is 0.490 e. The maximum absolute atomic E-state index is 14.0. The third-order valence-corrected chi connectivity index (χ3v) is 8.88. The normalized spacial score (nSPS) is 20.0. The first-order valence-electron chi connectivity index (χ1n) is 15.3. The van der Waals surface area contributed by atoms with Crippen LogP contribution in [0.4, 0.5) is 0 Å². The molecule has 5 rings (SSSR count). The van der Waals surface area contributed by atoms with Gasteiger partial charge in [-0.1, -0.05) is 76.0 Å². The molecular formula is C36H44ClNO4. The Hall–Kier alpha value is -3.05. The topological polar surface area (TPSA) is 55.8 Å². The van der Waals surface area contributed by atoms with Crippen molar-refractivity contribution in [1.29, 1.82) is 0 Å². The Morgan fingerprint density at radius 2 is 1.50 bits per heavy atom. The summed E-state index contributed by atoms with van der Waals surface area (Å²) in [6, 6.07) is 12.0. The molecule has 0 aromatic heterocycles. The Bertz CT molecular complexity index is 1430. The van der Waals surface area contributed by atoms with Crippen LogP contribution in [-0.4, -0.2) is 29.6 Å². The lowest BCUT2D eigenvalue weighted by molar-refractivity contribution is -0.119. The molecule has 42 heavy (non-hydrogen) atoms. The second-order valence-electron chi connectivity index (χ2n) is 13.7. The van der Waals surface area contributed by atoms with E-state index in [2.05, 4.69) is 58.6 Å². The van der Waals surface area contributed by atoms with Crippen LogP contribution < -0.4 is 9.47 Å². The smallest absolute Gasteiger partial charge is 0.180 e. The van der Waals surface area contributed by atoms with Crippen molar-refractivity contribution in [2.45, 2.75) is 93.1 Å². The summed E-state index contributed by atoms with van der Waals surface area (Å²) in [6.07, 6.45) is 3.41. The van der Waals surface area contributed by atoms with Gasteiger partial charge in [0.05, 0.1) is 11.6 Å². The van der Waals surface area contributed by atoms with E-state index in [1.165, 1.54) is 0 Å². The number of carbonyl (C=O) groups excluding carboxylic acids is 2. The maximum atomic E-state index is 14.0. The van der Waals surface area contributed by atoms with Crippen LogP contribution in [-0.2, 0) is 16.2 Å². The molecule has 0 N–H and O–H groups in total. The SMILES string of the molecule is CCCN1C2=C(C(=O)CC(C)(C)C2)C(c2cc(Cl)c(OCc3cccc(C)c3)c(OCC)c2)C2=C1CC(C)(C)CC2=O. The summed E-state index contributed by atoms with van der Waals surface area (Å²) < 4.78 is 12.3. The fourth-order valence-electron chi connectivity index (χ4n) is 6.99. The van der Waals surface area contributed by atoms with Crippen molar-refractivity contribution < 1.29 is 19.1 Å². The summed E-state index contributed by atoms with van der Waals surface area (Å²) >= 11 is 6.96. The number of benzene rings is 2. The molecule has 0 saturated heterocycles. The van der Waals surface area contributed by atoms with Crippen molar-refractivity contribution in [1.82, 2.24) is 4.90 Å². The second-order valence-corrected chi connectivity index (χ2v) is 14.1. The van der Waals surface area contributed by atoms with E-state index < -0.39 is 5.92 Å². The van der Waals surface area contributed by atoms with E-state index in [1.807, 2.05) is 31.2 Å². The average Bonchev–Trinajstić information content (AvgIpc) is 2.88. The molecule has 0 radical (unpaired) electrons. The monoisotopic (exact) mass is 589 g/mol. The number of nitrogens with zero attached hydrogens (tertiary/aromatic N) is 1. The van der Waals surface area contributed by atoms with Gasteiger partial charge < -0.3 is 14.4 Å². The molecule has 5 nitrogen and oxygen atoms in total. The van der Waals surface area contributed by atoms with Crippen molar-refractivity contribution in [2.75, 3.05) is 13.2 Å². The van der Waals surface area contributed by atoms with E-state index >= 15 is 0 Å².